The topological polar surface area (TPSA) is 26.0 Å². The SMILES string of the molecule is CC1(C)CCCC(N)(Cc2cccc(C(F)(F)F)c2)C1. The van der Waals surface area contributed by atoms with Crippen LogP contribution in [0.2, 0.25) is 0 Å². The van der Waals surface area contributed by atoms with E-state index in [2.05, 4.69) is 13.8 Å². The molecular weight excluding hydrogens is 263 g/mol. The van der Waals surface area contributed by atoms with Gasteiger partial charge >= 0.3 is 6.18 Å². The third kappa shape index (κ3) is 3.75. The van der Waals surface area contributed by atoms with Gasteiger partial charge in [0.05, 0.1) is 5.56 Å². The number of halogens is 3. The molecule has 0 heterocycles. The number of hydrogen-bond acceptors (Lipinski definition) is 1. The number of alkyl halides is 3. The highest BCUT2D eigenvalue weighted by Gasteiger charge is 2.37. The molecule has 1 unspecified atom stereocenters. The largest absolute Gasteiger partial charge is 0.416 e. The van der Waals surface area contributed by atoms with Gasteiger partial charge in [0.2, 0.25) is 0 Å². The van der Waals surface area contributed by atoms with Crippen LogP contribution in [0.4, 0.5) is 13.2 Å². The first-order chi connectivity index (χ1) is 9.10. The highest BCUT2D eigenvalue weighted by Crippen LogP contribution is 2.41. The van der Waals surface area contributed by atoms with E-state index < -0.39 is 11.7 Å². The Balaban J connectivity index is 2.17. The van der Waals surface area contributed by atoms with E-state index in [1.165, 1.54) is 12.1 Å². The van der Waals surface area contributed by atoms with Crippen LogP contribution in [0.15, 0.2) is 24.3 Å². The van der Waals surface area contributed by atoms with Gasteiger partial charge in [-0.05, 0) is 42.7 Å². The van der Waals surface area contributed by atoms with Crippen LogP contribution in [0.5, 0.6) is 0 Å². The van der Waals surface area contributed by atoms with Crippen molar-refractivity contribution in [3.05, 3.63) is 35.4 Å². The molecule has 1 fully saturated rings. The first kappa shape index (κ1) is 15.4. The van der Waals surface area contributed by atoms with Crippen LogP contribution in [-0.2, 0) is 12.6 Å². The van der Waals surface area contributed by atoms with E-state index in [0.29, 0.717) is 12.0 Å². The molecule has 0 amide bonds. The van der Waals surface area contributed by atoms with Crippen molar-refractivity contribution in [3.8, 4) is 0 Å². The summed E-state index contributed by atoms with van der Waals surface area (Å²) in [5.74, 6) is 0. The van der Waals surface area contributed by atoms with Crippen molar-refractivity contribution in [1.82, 2.24) is 0 Å². The highest BCUT2D eigenvalue weighted by atomic mass is 19.4. The van der Waals surface area contributed by atoms with Gasteiger partial charge in [-0.15, -0.1) is 0 Å². The fraction of sp³-hybridized carbons (Fsp3) is 0.625. The lowest BCUT2D eigenvalue weighted by molar-refractivity contribution is -0.137. The summed E-state index contributed by atoms with van der Waals surface area (Å²) in [6.45, 7) is 4.36. The summed E-state index contributed by atoms with van der Waals surface area (Å²) in [6.07, 6.45) is 0.143. The summed E-state index contributed by atoms with van der Waals surface area (Å²) < 4.78 is 38.2. The van der Waals surface area contributed by atoms with Crippen LogP contribution < -0.4 is 5.73 Å². The normalized spacial score (nSPS) is 26.5. The maximum atomic E-state index is 12.7. The Morgan fingerprint density at radius 2 is 1.90 bits per heavy atom. The van der Waals surface area contributed by atoms with E-state index in [1.807, 2.05) is 0 Å². The highest BCUT2D eigenvalue weighted by molar-refractivity contribution is 5.27. The van der Waals surface area contributed by atoms with Crippen LogP contribution in [-0.4, -0.2) is 5.54 Å². The summed E-state index contributed by atoms with van der Waals surface area (Å²) in [4.78, 5) is 0. The van der Waals surface area contributed by atoms with E-state index in [0.717, 1.165) is 31.7 Å². The Kier molecular flexibility index (Phi) is 3.89. The third-order valence-corrected chi connectivity index (χ3v) is 4.17. The molecule has 2 rings (SSSR count). The van der Waals surface area contributed by atoms with Gasteiger partial charge in [-0.25, -0.2) is 0 Å². The second-order valence-electron chi connectivity index (χ2n) is 6.93. The molecular formula is C16H22F3N. The van der Waals surface area contributed by atoms with Crippen LogP contribution in [0.25, 0.3) is 0 Å². The quantitative estimate of drug-likeness (QED) is 0.848. The molecule has 2 N–H and O–H groups in total. The van der Waals surface area contributed by atoms with Gasteiger partial charge < -0.3 is 5.73 Å². The molecule has 0 bridgehead atoms. The molecule has 1 atom stereocenters. The first-order valence-corrected chi connectivity index (χ1v) is 7.05. The maximum absolute atomic E-state index is 12.7. The van der Waals surface area contributed by atoms with Gasteiger partial charge in [0.15, 0.2) is 0 Å². The van der Waals surface area contributed by atoms with Crippen molar-refractivity contribution in [2.24, 2.45) is 11.1 Å². The van der Waals surface area contributed by atoms with Crippen LogP contribution in [0, 0.1) is 5.41 Å². The number of rotatable bonds is 2. The molecule has 0 saturated heterocycles. The molecule has 1 aromatic rings. The molecule has 20 heavy (non-hydrogen) atoms. The van der Waals surface area contributed by atoms with Crippen molar-refractivity contribution in [2.45, 2.75) is 57.7 Å². The molecule has 1 aliphatic carbocycles. The predicted octanol–water partition coefficient (Wildman–Crippen LogP) is 4.55. The van der Waals surface area contributed by atoms with E-state index in [-0.39, 0.29) is 11.0 Å². The lowest BCUT2D eigenvalue weighted by Crippen LogP contribution is -2.48. The fourth-order valence-electron chi connectivity index (χ4n) is 3.46. The average Bonchev–Trinajstić information content (AvgIpc) is 2.25. The molecule has 0 aromatic heterocycles. The van der Waals surface area contributed by atoms with Crippen molar-refractivity contribution in [1.29, 1.82) is 0 Å². The molecule has 1 saturated carbocycles. The molecule has 0 aliphatic heterocycles. The minimum atomic E-state index is -4.29. The van der Waals surface area contributed by atoms with Gasteiger partial charge in [-0.2, -0.15) is 13.2 Å². The summed E-state index contributed by atoms with van der Waals surface area (Å²) in [5, 5.41) is 0. The van der Waals surface area contributed by atoms with E-state index >= 15 is 0 Å². The third-order valence-electron chi connectivity index (χ3n) is 4.17. The van der Waals surface area contributed by atoms with E-state index in [1.54, 1.807) is 6.07 Å². The van der Waals surface area contributed by atoms with Gasteiger partial charge in [0.25, 0.3) is 0 Å². The monoisotopic (exact) mass is 285 g/mol. The van der Waals surface area contributed by atoms with Crippen LogP contribution >= 0.6 is 0 Å². The lowest BCUT2D eigenvalue weighted by Gasteiger charge is -2.43. The summed E-state index contributed by atoms with van der Waals surface area (Å²) in [6, 6.07) is 5.55. The zero-order valence-electron chi connectivity index (χ0n) is 12.1. The zero-order chi connectivity index (χ0) is 15.0. The minimum Gasteiger partial charge on any atom is -0.325 e. The Bertz CT molecular complexity index is 479. The van der Waals surface area contributed by atoms with Gasteiger partial charge in [0, 0.05) is 5.54 Å². The van der Waals surface area contributed by atoms with E-state index in [9.17, 15) is 13.2 Å². The number of nitrogens with two attached hydrogens (primary N) is 1. The summed E-state index contributed by atoms with van der Waals surface area (Å²) in [5.41, 5.74) is 6.33. The number of hydrogen-bond donors (Lipinski definition) is 1. The second kappa shape index (κ2) is 5.06. The Hall–Kier alpha value is -1.03. The van der Waals surface area contributed by atoms with Crippen molar-refractivity contribution >= 4 is 0 Å². The molecule has 112 valence electrons. The summed E-state index contributed by atoms with van der Waals surface area (Å²) in [7, 11) is 0. The molecule has 0 spiro atoms. The summed E-state index contributed by atoms with van der Waals surface area (Å²) >= 11 is 0. The standard InChI is InChI=1S/C16H22F3N/c1-14(2)7-4-8-15(20,11-14)10-12-5-3-6-13(9-12)16(17,18)19/h3,5-6,9H,4,7-8,10-11,20H2,1-2H3. The zero-order valence-corrected chi connectivity index (χ0v) is 12.1. The Labute approximate surface area is 118 Å². The lowest BCUT2D eigenvalue weighted by atomic mass is 9.66. The average molecular weight is 285 g/mol. The van der Waals surface area contributed by atoms with Gasteiger partial charge in [-0.3, -0.25) is 0 Å². The Morgan fingerprint density at radius 1 is 1.20 bits per heavy atom. The fourth-order valence-corrected chi connectivity index (χ4v) is 3.46. The molecule has 0 radical (unpaired) electrons. The van der Waals surface area contributed by atoms with Gasteiger partial charge in [-0.1, -0.05) is 38.5 Å². The van der Waals surface area contributed by atoms with Crippen molar-refractivity contribution in [2.75, 3.05) is 0 Å². The predicted molar refractivity (Wildman–Crippen MR) is 74.3 cm³/mol. The maximum Gasteiger partial charge on any atom is 0.416 e. The van der Waals surface area contributed by atoms with E-state index in [4.69, 9.17) is 5.73 Å². The van der Waals surface area contributed by atoms with Crippen molar-refractivity contribution in [3.63, 3.8) is 0 Å². The van der Waals surface area contributed by atoms with Crippen LogP contribution in [0.1, 0.15) is 50.7 Å². The molecule has 4 heteroatoms. The molecule has 1 aromatic carbocycles. The Morgan fingerprint density at radius 3 is 2.50 bits per heavy atom. The molecule has 1 aliphatic rings. The van der Waals surface area contributed by atoms with Crippen molar-refractivity contribution < 1.29 is 13.2 Å². The second-order valence-corrected chi connectivity index (χ2v) is 6.93. The molecule has 1 nitrogen and oxygen atoms in total. The van der Waals surface area contributed by atoms with Gasteiger partial charge in [0.1, 0.15) is 0 Å². The minimum absolute atomic E-state index is 0.175. The smallest absolute Gasteiger partial charge is 0.325 e. The number of benzene rings is 1. The van der Waals surface area contributed by atoms with Crippen LogP contribution in [0.3, 0.4) is 0 Å². The first-order valence-electron chi connectivity index (χ1n) is 7.05.